The second kappa shape index (κ2) is 7.22. The highest BCUT2D eigenvalue weighted by Crippen LogP contribution is 2.16. The van der Waals surface area contributed by atoms with Gasteiger partial charge in [0.25, 0.3) is 5.91 Å². The number of carbonyl (C=O) groups is 2. The molecule has 7 nitrogen and oxygen atoms in total. The topological polar surface area (TPSA) is 110 Å². The number of hydrogen-bond donors (Lipinski definition) is 2. The van der Waals surface area contributed by atoms with Crippen LogP contribution in [0.3, 0.4) is 0 Å². The average molecular weight is 333 g/mol. The number of aromatic nitrogens is 2. The predicted octanol–water partition coefficient (Wildman–Crippen LogP) is 1.20. The van der Waals surface area contributed by atoms with Gasteiger partial charge in [0.2, 0.25) is 0 Å². The van der Waals surface area contributed by atoms with Crippen LogP contribution in [0.4, 0.5) is 0 Å². The molecular formula is C18H13N4O3-. The lowest BCUT2D eigenvalue weighted by molar-refractivity contribution is -0.255. The molecule has 0 saturated carbocycles. The standard InChI is InChI=1S/C18H14N4O3/c23-17(16-10-15(20-21-16)13-4-2-1-3-5-13)22-19-11-12-6-8-14(9-7-12)18(24)25/h1-11H,(H,20,21)(H,22,23)(H,24,25)/p-1. The fourth-order valence-electron chi connectivity index (χ4n) is 2.13. The Kier molecular flexibility index (Phi) is 4.66. The van der Waals surface area contributed by atoms with E-state index in [9.17, 15) is 14.7 Å². The van der Waals surface area contributed by atoms with E-state index in [1.165, 1.54) is 18.3 Å². The van der Waals surface area contributed by atoms with Gasteiger partial charge in [-0.3, -0.25) is 9.89 Å². The summed E-state index contributed by atoms with van der Waals surface area (Å²) in [6, 6.07) is 17.0. The molecule has 2 aromatic carbocycles. The van der Waals surface area contributed by atoms with E-state index in [1.54, 1.807) is 18.2 Å². The third-order valence-corrected chi connectivity index (χ3v) is 3.42. The number of H-pyrrole nitrogens is 1. The normalized spacial score (nSPS) is 10.7. The number of nitrogens with zero attached hydrogens (tertiary/aromatic N) is 2. The van der Waals surface area contributed by atoms with Crippen molar-refractivity contribution in [1.82, 2.24) is 15.6 Å². The molecular weight excluding hydrogens is 320 g/mol. The zero-order valence-corrected chi connectivity index (χ0v) is 13.0. The van der Waals surface area contributed by atoms with Crippen LogP contribution in [0.2, 0.25) is 0 Å². The highest BCUT2D eigenvalue weighted by atomic mass is 16.4. The Morgan fingerprint density at radius 2 is 1.80 bits per heavy atom. The summed E-state index contributed by atoms with van der Waals surface area (Å²) in [4.78, 5) is 22.7. The minimum Gasteiger partial charge on any atom is -0.545 e. The van der Waals surface area contributed by atoms with Gasteiger partial charge in [0.15, 0.2) is 0 Å². The van der Waals surface area contributed by atoms with E-state index in [0.717, 1.165) is 5.56 Å². The highest BCUT2D eigenvalue weighted by Gasteiger charge is 2.09. The highest BCUT2D eigenvalue weighted by molar-refractivity contribution is 5.94. The van der Waals surface area contributed by atoms with Crippen LogP contribution in [0.1, 0.15) is 26.4 Å². The van der Waals surface area contributed by atoms with Crippen molar-refractivity contribution in [1.29, 1.82) is 0 Å². The minimum atomic E-state index is -1.25. The Morgan fingerprint density at radius 3 is 2.48 bits per heavy atom. The molecule has 0 spiro atoms. The lowest BCUT2D eigenvalue weighted by Gasteiger charge is -2.01. The Labute approximate surface area is 143 Å². The first-order valence-electron chi connectivity index (χ1n) is 7.39. The number of aromatic amines is 1. The van der Waals surface area contributed by atoms with Crippen molar-refractivity contribution in [2.24, 2.45) is 5.10 Å². The molecule has 0 bridgehead atoms. The molecule has 1 aromatic heterocycles. The summed E-state index contributed by atoms with van der Waals surface area (Å²) in [5, 5.41) is 21.3. The molecule has 0 fully saturated rings. The maximum atomic E-state index is 12.0. The molecule has 0 aliphatic heterocycles. The third kappa shape index (κ3) is 3.97. The number of carbonyl (C=O) groups excluding carboxylic acids is 2. The number of carboxylic acid groups (broad SMARTS) is 1. The Bertz CT molecular complexity index is 915. The second-order valence-corrected chi connectivity index (χ2v) is 5.14. The molecule has 0 aliphatic carbocycles. The zero-order valence-electron chi connectivity index (χ0n) is 13.0. The van der Waals surface area contributed by atoms with Gasteiger partial charge in [0.1, 0.15) is 5.69 Å². The number of carboxylic acids is 1. The molecule has 25 heavy (non-hydrogen) atoms. The molecule has 0 atom stereocenters. The van der Waals surface area contributed by atoms with Crippen molar-refractivity contribution < 1.29 is 14.7 Å². The van der Waals surface area contributed by atoms with Gasteiger partial charge in [0, 0.05) is 5.56 Å². The van der Waals surface area contributed by atoms with Crippen molar-refractivity contribution in [2.75, 3.05) is 0 Å². The van der Waals surface area contributed by atoms with E-state index in [0.29, 0.717) is 11.3 Å². The molecule has 7 heteroatoms. The Hall–Kier alpha value is -3.74. The second-order valence-electron chi connectivity index (χ2n) is 5.14. The van der Waals surface area contributed by atoms with E-state index in [4.69, 9.17) is 0 Å². The van der Waals surface area contributed by atoms with Crippen LogP contribution in [0.5, 0.6) is 0 Å². The molecule has 1 amide bonds. The summed E-state index contributed by atoms with van der Waals surface area (Å²) >= 11 is 0. The summed E-state index contributed by atoms with van der Waals surface area (Å²) in [6.07, 6.45) is 1.41. The number of aromatic carboxylic acids is 1. The van der Waals surface area contributed by atoms with Crippen molar-refractivity contribution in [3.63, 3.8) is 0 Å². The van der Waals surface area contributed by atoms with Crippen LogP contribution >= 0.6 is 0 Å². The van der Waals surface area contributed by atoms with Crippen LogP contribution < -0.4 is 10.5 Å². The zero-order chi connectivity index (χ0) is 17.6. The Morgan fingerprint density at radius 1 is 1.08 bits per heavy atom. The largest absolute Gasteiger partial charge is 0.545 e. The average Bonchev–Trinajstić information content (AvgIpc) is 3.13. The first-order chi connectivity index (χ1) is 12.1. The van der Waals surface area contributed by atoms with Crippen LogP contribution in [0.25, 0.3) is 11.3 Å². The summed E-state index contributed by atoms with van der Waals surface area (Å²) in [7, 11) is 0. The van der Waals surface area contributed by atoms with Crippen LogP contribution in [-0.2, 0) is 0 Å². The number of hydrazone groups is 1. The SMILES string of the molecule is O=C([O-])c1ccc(C=NNC(=O)c2cc(-c3ccccc3)n[nH]2)cc1. The number of amides is 1. The predicted molar refractivity (Wildman–Crippen MR) is 89.9 cm³/mol. The Balaban J connectivity index is 1.63. The summed E-state index contributed by atoms with van der Waals surface area (Å²) in [6.45, 7) is 0. The van der Waals surface area contributed by atoms with Crippen molar-refractivity contribution in [2.45, 2.75) is 0 Å². The summed E-state index contributed by atoms with van der Waals surface area (Å²) in [5.74, 6) is -1.68. The van der Waals surface area contributed by atoms with Crippen molar-refractivity contribution in [3.8, 4) is 11.3 Å². The summed E-state index contributed by atoms with van der Waals surface area (Å²) in [5.41, 5.74) is 4.93. The van der Waals surface area contributed by atoms with E-state index in [1.807, 2.05) is 30.3 Å². The molecule has 0 radical (unpaired) electrons. The number of benzene rings is 2. The summed E-state index contributed by atoms with van der Waals surface area (Å²) < 4.78 is 0. The first kappa shape index (κ1) is 16.1. The van der Waals surface area contributed by atoms with Gasteiger partial charge in [-0.15, -0.1) is 0 Å². The number of hydrogen-bond acceptors (Lipinski definition) is 5. The molecule has 1 heterocycles. The van der Waals surface area contributed by atoms with E-state index < -0.39 is 11.9 Å². The third-order valence-electron chi connectivity index (χ3n) is 3.42. The van der Waals surface area contributed by atoms with Gasteiger partial charge < -0.3 is 9.90 Å². The molecule has 3 rings (SSSR count). The molecule has 0 aliphatic rings. The smallest absolute Gasteiger partial charge is 0.289 e. The van der Waals surface area contributed by atoms with E-state index >= 15 is 0 Å². The lowest BCUT2D eigenvalue weighted by atomic mass is 10.1. The first-order valence-corrected chi connectivity index (χ1v) is 7.39. The van der Waals surface area contributed by atoms with Crippen LogP contribution in [-0.4, -0.2) is 28.3 Å². The van der Waals surface area contributed by atoms with Crippen LogP contribution in [0.15, 0.2) is 65.8 Å². The molecule has 0 unspecified atom stereocenters. The van der Waals surface area contributed by atoms with Gasteiger partial charge in [-0.25, -0.2) is 5.43 Å². The maximum Gasteiger partial charge on any atom is 0.289 e. The van der Waals surface area contributed by atoms with Crippen molar-refractivity contribution in [3.05, 3.63) is 77.5 Å². The maximum absolute atomic E-state index is 12.0. The number of rotatable bonds is 5. The van der Waals surface area contributed by atoms with Crippen LogP contribution in [0, 0.1) is 0 Å². The monoisotopic (exact) mass is 333 g/mol. The molecule has 0 saturated heterocycles. The fourth-order valence-corrected chi connectivity index (χ4v) is 2.13. The van der Waals surface area contributed by atoms with Crippen molar-refractivity contribution >= 4 is 18.1 Å². The molecule has 124 valence electrons. The van der Waals surface area contributed by atoms with Gasteiger partial charge in [-0.1, -0.05) is 54.6 Å². The quantitative estimate of drug-likeness (QED) is 0.540. The number of nitrogens with one attached hydrogen (secondary N) is 2. The van der Waals surface area contributed by atoms with Gasteiger partial charge in [-0.05, 0) is 17.2 Å². The van der Waals surface area contributed by atoms with E-state index in [2.05, 4.69) is 20.7 Å². The molecule has 3 aromatic rings. The lowest BCUT2D eigenvalue weighted by Crippen LogP contribution is -2.22. The van der Waals surface area contributed by atoms with Gasteiger partial charge >= 0.3 is 0 Å². The minimum absolute atomic E-state index is 0.0760. The van der Waals surface area contributed by atoms with E-state index in [-0.39, 0.29) is 11.3 Å². The van der Waals surface area contributed by atoms with Gasteiger partial charge in [0.05, 0.1) is 17.9 Å². The fraction of sp³-hybridized carbons (Fsp3) is 0. The van der Waals surface area contributed by atoms with Gasteiger partial charge in [-0.2, -0.15) is 10.2 Å². The molecule has 2 N–H and O–H groups in total.